The van der Waals surface area contributed by atoms with Crippen molar-refractivity contribution in [2.75, 3.05) is 5.73 Å². The second kappa shape index (κ2) is 3.26. The van der Waals surface area contributed by atoms with Crippen molar-refractivity contribution < 1.29 is 0 Å². The van der Waals surface area contributed by atoms with E-state index in [9.17, 15) is 0 Å². The Morgan fingerprint density at radius 3 is 3.00 bits per heavy atom. The zero-order valence-electron chi connectivity index (χ0n) is 7.09. The Bertz CT molecular complexity index is 380. The van der Waals surface area contributed by atoms with Crippen LogP contribution in [-0.2, 0) is 6.54 Å². The summed E-state index contributed by atoms with van der Waals surface area (Å²) in [4.78, 5) is 8.12. The Balaban J connectivity index is 2.19. The third-order valence-electron chi connectivity index (χ3n) is 1.73. The minimum Gasteiger partial charge on any atom is -0.384 e. The Hall–Kier alpha value is -1.84. The fourth-order valence-corrected chi connectivity index (χ4v) is 1.15. The van der Waals surface area contributed by atoms with Crippen LogP contribution >= 0.6 is 0 Å². The summed E-state index contributed by atoms with van der Waals surface area (Å²) in [5.74, 6) is 0.553. The van der Waals surface area contributed by atoms with E-state index in [1.807, 2.05) is 22.9 Å². The van der Waals surface area contributed by atoms with Crippen molar-refractivity contribution in [2.45, 2.75) is 6.54 Å². The average Bonchev–Trinajstić information content (AvgIpc) is 2.57. The van der Waals surface area contributed by atoms with Gasteiger partial charge in [0.1, 0.15) is 5.82 Å². The van der Waals surface area contributed by atoms with Crippen LogP contribution in [0.3, 0.4) is 0 Å². The van der Waals surface area contributed by atoms with Gasteiger partial charge in [-0.15, -0.1) is 0 Å². The SMILES string of the molecule is Nc1cccc(Cn2ccnc2)n1. The molecular formula is C9H10N4. The van der Waals surface area contributed by atoms with E-state index in [0.29, 0.717) is 12.4 Å². The third kappa shape index (κ3) is 1.84. The van der Waals surface area contributed by atoms with E-state index >= 15 is 0 Å². The molecule has 2 aromatic heterocycles. The van der Waals surface area contributed by atoms with Gasteiger partial charge in [-0.25, -0.2) is 9.97 Å². The first kappa shape index (κ1) is 7.79. The molecule has 0 fully saturated rings. The third-order valence-corrected chi connectivity index (χ3v) is 1.73. The molecule has 4 heteroatoms. The lowest BCUT2D eigenvalue weighted by molar-refractivity contribution is 0.774. The number of hydrogen-bond acceptors (Lipinski definition) is 3. The molecule has 2 heterocycles. The lowest BCUT2D eigenvalue weighted by Crippen LogP contribution is -2.00. The van der Waals surface area contributed by atoms with Gasteiger partial charge < -0.3 is 10.3 Å². The Morgan fingerprint density at radius 2 is 2.31 bits per heavy atom. The topological polar surface area (TPSA) is 56.7 Å². The summed E-state index contributed by atoms with van der Waals surface area (Å²) in [6.45, 7) is 0.713. The van der Waals surface area contributed by atoms with Crippen LogP contribution in [0.5, 0.6) is 0 Å². The average molecular weight is 174 g/mol. The normalized spacial score (nSPS) is 10.2. The van der Waals surface area contributed by atoms with Gasteiger partial charge >= 0.3 is 0 Å². The van der Waals surface area contributed by atoms with E-state index in [0.717, 1.165) is 5.69 Å². The number of imidazole rings is 1. The highest BCUT2D eigenvalue weighted by molar-refractivity contribution is 5.28. The summed E-state index contributed by atoms with van der Waals surface area (Å²) in [7, 11) is 0. The molecule has 0 bridgehead atoms. The highest BCUT2D eigenvalue weighted by Crippen LogP contribution is 2.02. The zero-order chi connectivity index (χ0) is 9.10. The van der Waals surface area contributed by atoms with E-state index in [1.165, 1.54) is 0 Å². The molecule has 0 amide bonds. The van der Waals surface area contributed by atoms with Crippen molar-refractivity contribution in [1.29, 1.82) is 0 Å². The Labute approximate surface area is 76.1 Å². The first-order valence-corrected chi connectivity index (χ1v) is 4.02. The maximum absolute atomic E-state index is 5.55. The van der Waals surface area contributed by atoms with Gasteiger partial charge in [0, 0.05) is 12.4 Å². The van der Waals surface area contributed by atoms with Crippen molar-refractivity contribution in [3.8, 4) is 0 Å². The maximum Gasteiger partial charge on any atom is 0.123 e. The molecule has 0 aliphatic rings. The first-order valence-electron chi connectivity index (χ1n) is 4.02. The molecule has 2 aromatic rings. The molecule has 0 spiro atoms. The van der Waals surface area contributed by atoms with Gasteiger partial charge in [0.15, 0.2) is 0 Å². The van der Waals surface area contributed by atoms with E-state index in [1.54, 1.807) is 18.6 Å². The largest absolute Gasteiger partial charge is 0.384 e. The molecule has 0 aliphatic heterocycles. The van der Waals surface area contributed by atoms with Crippen molar-refractivity contribution in [2.24, 2.45) is 0 Å². The molecule has 0 saturated carbocycles. The van der Waals surface area contributed by atoms with E-state index in [-0.39, 0.29) is 0 Å². The minimum atomic E-state index is 0.553. The fourth-order valence-electron chi connectivity index (χ4n) is 1.15. The fraction of sp³-hybridized carbons (Fsp3) is 0.111. The van der Waals surface area contributed by atoms with Crippen LogP contribution in [0, 0.1) is 0 Å². The molecule has 66 valence electrons. The van der Waals surface area contributed by atoms with Gasteiger partial charge in [-0.1, -0.05) is 6.07 Å². The van der Waals surface area contributed by atoms with Crippen molar-refractivity contribution >= 4 is 5.82 Å². The van der Waals surface area contributed by atoms with E-state index < -0.39 is 0 Å². The Kier molecular flexibility index (Phi) is 1.96. The molecule has 0 aromatic carbocycles. The summed E-state index contributed by atoms with van der Waals surface area (Å²) in [5.41, 5.74) is 6.49. The monoisotopic (exact) mass is 174 g/mol. The summed E-state index contributed by atoms with van der Waals surface area (Å²) in [5, 5.41) is 0. The molecule has 2 rings (SSSR count). The van der Waals surface area contributed by atoms with Crippen LogP contribution in [0.1, 0.15) is 5.69 Å². The van der Waals surface area contributed by atoms with Gasteiger partial charge in [0.2, 0.25) is 0 Å². The molecule has 0 aliphatic carbocycles. The van der Waals surface area contributed by atoms with Crippen LogP contribution in [0.2, 0.25) is 0 Å². The quantitative estimate of drug-likeness (QED) is 0.736. The predicted octanol–water partition coefficient (Wildman–Crippen LogP) is 0.909. The van der Waals surface area contributed by atoms with Crippen LogP contribution in [-0.4, -0.2) is 14.5 Å². The number of anilines is 1. The van der Waals surface area contributed by atoms with Crippen LogP contribution in [0.25, 0.3) is 0 Å². The van der Waals surface area contributed by atoms with E-state index in [2.05, 4.69) is 9.97 Å². The zero-order valence-corrected chi connectivity index (χ0v) is 7.09. The van der Waals surface area contributed by atoms with Crippen molar-refractivity contribution in [1.82, 2.24) is 14.5 Å². The van der Waals surface area contributed by atoms with Gasteiger partial charge in [-0.3, -0.25) is 0 Å². The molecule has 0 saturated heterocycles. The van der Waals surface area contributed by atoms with Gasteiger partial charge in [-0.2, -0.15) is 0 Å². The highest BCUT2D eigenvalue weighted by atomic mass is 15.0. The lowest BCUT2D eigenvalue weighted by atomic mass is 10.3. The van der Waals surface area contributed by atoms with Crippen LogP contribution in [0.4, 0.5) is 5.82 Å². The van der Waals surface area contributed by atoms with Crippen molar-refractivity contribution in [3.63, 3.8) is 0 Å². The van der Waals surface area contributed by atoms with Crippen molar-refractivity contribution in [3.05, 3.63) is 42.6 Å². The maximum atomic E-state index is 5.55. The Morgan fingerprint density at radius 1 is 1.38 bits per heavy atom. The van der Waals surface area contributed by atoms with Crippen LogP contribution < -0.4 is 5.73 Å². The molecule has 0 atom stereocenters. The smallest absolute Gasteiger partial charge is 0.123 e. The number of nitrogens with two attached hydrogens (primary N) is 1. The number of nitrogen functional groups attached to an aromatic ring is 1. The molecule has 0 radical (unpaired) electrons. The molecule has 2 N–H and O–H groups in total. The lowest BCUT2D eigenvalue weighted by Gasteiger charge is -2.01. The second-order valence-electron chi connectivity index (χ2n) is 2.79. The number of pyridine rings is 1. The van der Waals surface area contributed by atoms with Gasteiger partial charge in [-0.05, 0) is 12.1 Å². The summed E-state index contributed by atoms with van der Waals surface area (Å²) >= 11 is 0. The number of aromatic nitrogens is 3. The molecule has 4 nitrogen and oxygen atoms in total. The standard InChI is InChI=1S/C9H10N4/c10-9-3-1-2-8(12-9)6-13-5-4-11-7-13/h1-5,7H,6H2,(H2,10,12). The molecular weight excluding hydrogens is 164 g/mol. The minimum absolute atomic E-state index is 0.553. The number of nitrogens with zero attached hydrogens (tertiary/aromatic N) is 3. The summed E-state index contributed by atoms with van der Waals surface area (Å²) in [6, 6.07) is 5.61. The van der Waals surface area contributed by atoms with E-state index in [4.69, 9.17) is 5.73 Å². The summed E-state index contributed by atoms with van der Waals surface area (Å²) in [6.07, 6.45) is 5.39. The second-order valence-corrected chi connectivity index (χ2v) is 2.79. The van der Waals surface area contributed by atoms with Crippen LogP contribution in [0.15, 0.2) is 36.9 Å². The number of hydrogen-bond donors (Lipinski definition) is 1. The van der Waals surface area contributed by atoms with Gasteiger partial charge in [0.05, 0.1) is 18.6 Å². The van der Waals surface area contributed by atoms with Gasteiger partial charge in [0.25, 0.3) is 0 Å². The number of rotatable bonds is 2. The molecule has 0 unspecified atom stereocenters. The summed E-state index contributed by atoms with van der Waals surface area (Å²) < 4.78 is 1.95. The predicted molar refractivity (Wildman–Crippen MR) is 50.0 cm³/mol. The highest BCUT2D eigenvalue weighted by Gasteiger charge is 1.95. The molecule has 13 heavy (non-hydrogen) atoms. The first-order chi connectivity index (χ1) is 6.34.